The number of thiazole rings is 1. The molecule has 4 rings (SSSR count). The van der Waals surface area contributed by atoms with E-state index < -0.39 is 11.6 Å². The number of hydrazone groups is 1. The number of aromatic nitrogens is 2. The second-order valence-electron chi connectivity index (χ2n) is 5.72. The largest absolute Gasteiger partial charge is 0.350 e. The Kier molecular flexibility index (Phi) is 4.22. The van der Waals surface area contributed by atoms with Crippen molar-refractivity contribution in [3.63, 3.8) is 0 Å². The van der Waals surface area contributed by atoms with Crippen LogP contribution in [0.15, 0.2) is 59.1 Å². The first-order valence-corrected chi connectivity index (χ1v) is 8.74. The smallest absolute Gasteiger partial charge is 0.203 e. The molecule has 0 spiro atoms. The van der Waals surface area contributed by atoms with Crippen molar-refractivity contribution < 1.29 is 8.78 Å². The molecule has 0 aliphatic carbocycles. The van der Waals surface area contributed by atoms with Crippen molar-refractivity contribution >= 4 is 33.6 Å². The highest BCUT2D eigenvalue weighted by atomic mass is 32.1. The van der Waals surface area contributed by atoms with Crippen LogP contribution in [0.5, 0.6) is 0 Å². The van der Waals surface area contributed by atoms with E-state index in [2.05, 4.69) is 15.5 Å². The molecule has 4 aromatic rings. The van der Waals surface area contributed by atoms with Crippen LogP contribution in [0.2, 0.25) is 0 Å². The van der Waals surface area contributed by atoms with Gasteiger partial charge in [-0.25, -0.2) is 13.8 Å². The van der Waals surface area contributed by atoms with Gasteiger partial charge in [-0.1, -0.05) is 30.3 Å². The van der Waals surface area contributed by atoms with E-state index in [0.717, 1.165) is 17.5 Å². The standard InChI is InChI=1S/C19H14F2N4S/c1-25-8-7-13-17(25)9-15(20)14(18(13)21)10-22-24-19-23-16(11-26-19)12-5-3-2-4-6-12/h2-11H,1H3,(H,23,24). The predicted molar refractivity (Wildman–Crippen MR) is 102 cm³/mol. The van der Waals surface area contributed by atoms with Gasteiger partial charge in [0.15, 0.2) is 0 Å². The van der Waals surface area contributed by atoms with Crippen molar-refractivity contribution in [1.29, 1.82) is 0 Å². The van der Waals surface area contributed by atoms with Gasteiger partial charge in [0.2, 0.25) is 5.13 Å². The maximum atomic E-state index is 14.5. The van der Waals surface area contributed by atoms with E-state index in [-0.39, 0.29) is 5.56 Å². The second-order valence-corrected chi connectivity index (χ2v) is 6.58. The van der Waals surface area contributed by atoms with Crippen LogP contribution >= 0.6 is 11.3 Å². The molecule has 130 valence electrons. The normalized spacial score (nSPS) is 11.5. The lowest BCUT2D eigenvalue weighted by molar-refractivity contribution is 0.588. The number of aryl methyl sites for hydroxylation is 1. The van der Waals surface area contributed by atoms with E-state index in [1.165, 1.54) is 17.4 Å². The minimum absolute atomic E-state index is 0.184. The molecular formula is C19H14F2N4S. The highest BCUT2D eigenvalue weighted by Gasteiger charge is 2.14. The zero-order chi connectivity index (χ0) is 18.1. The molecule has 0 saturated carbocycles. The van der Waals surface area contributed by atoms with E-state index in [9.17, 15) is 8.78 Å². The minimum Gasteiger partial charge on any atom is -0.350 e. The Morgan fingerprint density at radius 2 is 2.00 bits per heavy atom. The molecule has 0 radical (unpaired) electrons. The van der Waals surface area contributed by atoms with Crippen molar-refractivity contribution in [1.82, 2.24) is 9.55 Å². The van der Waals surface area contributed by atoms with E-state index in [0.29, 0.717) is 16.0 Å². The van der Waals surface area contributed by atoms with Gasteiger partial charge in [0.1, 0.15) is 11.6 Å². The topological polar surface area (TPSA) is 42.2 Å². The molecule has 0 fully saturated rings. The number of rotatable bonds is 4. The van der Waals surface area contributed by atoms with Gasteiger partial charge in [-0.2, -0.15) is 5.10 Å². The van der Waals surface area contributed by atoms with Crippen LogP contribution in [0.3, 0.4) is 0 Å². The number of halogens is 2. The Morgan fingerprint density at radius 3 is 2.81 bits per heavy atom. The van der Waals surface area contributed by atoms with Crippen molar-refractivity contribution in [2.75, 3.05) is 5.43 Å². The monoisotopic (exact) mass is 368 g/mol. The summed E-state index contributed by atoms with van der Waals surface area (Å²) in [7, 11) is 1.74. The highest BCUT2D eigenvalue weighted by Crippen LogP contribution is 2.25. The van der Waals surface area contributed by atoms with Crippen LogP contribution in [0.1, 0.15) is 5.56 Å². The molecule has 26 heavy (non-hydrogen) atoms. The van der Waals surface area contributed by atoms with Crippen LogP contribution < -0.4 is 5.43 Å². The number of hydrogen-bond acceptors (Lipinski definition) is 4. The number of fused-ring (bicyclic) bond motifs is 1. The van der Waals surface area contributed by atoms with Gasteiger partial charge in [0.25, 0.3) is 0 Å². The molecule has 0 aliphatic heterocycles. The van der Waals surface area contributed by atoms with Gasteiger partial charge < -0.3 is 4.57 Å². The molecule has 0 unspecified atom stereocenters. The lowest BCUT2D eigenvalue weighted by atomic mass is 10.1. The molecule has 4 nitrogen and oxygen atoms in total. The molecule has 0 amide bonds. The Hall–Kier alpha value is -3.06. The Morgan fingerprint density at radius 1 is 1.19 bits per heavy atom. The van der Waals surface area contributed by atoms with E-state index in [1.807, 2.05) is 35.7 Å². The Bertz CT molecular complexity index is 1100. The maximum absolute atomic E-state index is 14.5. The quantitative estimate of drug-likeness (QED) is 0.406. The Balaban J connectivity index is 1.56. The molecule has 0 saturated heterocycles. The third kappa shape index (κ3) is 2.97. The summed E-state index contributed by atoms with van der Waals surface area (Å²) in [6, 6.07) is 12.6. The number of nitrogens with zero attached hydrogens (tertiary/aromatic N) is 3. The number of nitrogens with one attached hydrogen (secondary N) is 1. The van der Waals surface area contributed by atoms with Gasteiger partial charge in [0, 0.05) is 29.6 Å². The minimum atomic E-state index is -0.661. The van der Waals surface area contributed by atoms with Crippen molar-refractivity contribution in [2.45, 2.75) is 0 Å². The van der Waals surface area contributed by atoms with E-state index >= 15 is 0 Å². The first-order valence-electron chi connectivity index (χ1n) is 7.86. The molecule has 2 aromatic heterocycles. The third-order valence-electron chi connectivity index (χ3n) is 4.04. The second kappa shape index (κ2) is 6.68. The number of benzene rings is 2. The maximum Gasteiger partial charge on any atom is 0.203 e. The molecule has 1 N–H and O–H groups in total. The molecule has 2 heterocycles. The molecule has 0 atom stereocenters. The van der Waals surface area contributed by atoms with Crippen LogP contribution in [-0.2, 0) is 7.05 Å². The van der Waals surface area contributed by atoms with E-state index in [1.54, 1.807) is 23.9 Å². The van der Waals surface area contributed by atoms with Gasteiger partial charge in [-0.15, -0.1) is 11.3 Å². The zero-order valence-electron chi connectivity index (χ0n) is 13.8. The fraction of sp³-hybridized carbons (Fsp3) is 0.0526. The predicted octanol–water partition coefficient (Wildman–Crippen LogP) is 5.03. The van der Waals surface area contributed by atoms with Gasteiger partial charge in [0.05, 0.1) is 23.0 Å². The van der Waals surface area contributed by atoms with Gasteiger partial charge >= 0.3 is 0 Å². The fourth-order valence-electron chi connectivity index (χ4n) is 2.69. The summed E-state index contributed by atoms with van der Waals surface area (Å²) in [5.74, 6) is -1.29. The average molecular weight is 368 g/mol. The average Bonchev–Trinajstić information content (AvgIpc) is 3.26. The summed E-state index contributed by atoms with van der Waals surface area (Å²) in [5.41, 5.74) is 4.85. The van der Waals surface area contributed by atoms with Gasteiger partial charge in [-0.05, 0) is 12.1 Å². The van der Waals surface area contributed by atoms with Crippen molar-refractivity contribution in [3.8, 4) is 11.3 Å². The molecular weight excluding hydrogens is 354 g/mol. The third-order valence-corrected chi connectivity index (χ3v) is 4.79. The van der Waals surface area contributed by atoms with Crippen LogP contribution in [0.4, 0.5) is 13.9 Å². The van der Waals surface area contributed by atoms with E-state index in [4.69, 9.17) is 0 Å². The number of hydrogen-bond donors (Lipinski definition) is 1. The molecule has 7 heteroatoms. The van der Waals surface area contributed by atoms with Crippen LogP contribution in [-0.4, -0.2) is 15.8 Å². The first-order chi connectivity index (χ1) is 12.6. The summed E-state index contributed by atoms with van der Waals surface area (Å²) in [4.78, 5) is 4.41. The lowest BCUT2D eigenvalue weighted by Crippen LogP contribution is -1.98. The van der Waals surface area contributed by atoms with Crippen molar-refractivity contribution in [2.24, 2.45) is 12.1 Å². The van der Waals surface area contributed by atoms with Crippen LogP contribution in [0.25, 0.3) is 22.2 Å². The molecule has 2 aromatic carbocycles. The number of anilines is 1. The summed E-state index contributed by atoms with van der Waals surface area (Å²) in [6.07, 6.45) is 2.83. The fourth-order valence-corrected chi connectivity index (χ4v) is 3.36. The summed E-state index contributed by atoms with van der Waals surface area (Å²) >= 11 is 1.37. The zero-order valence-corrected chi connectivity index (χ0v) is 14.6. The summed E-state index contributed by atoms with van der Waals surface area (Å²) in [6.45, 7) is 0. The summed E-state index contributed by atoms with van der Waals surface area (Å²) in [5, 5.41) is 6.73. The lowest BCUT2D eigenvalue weighted by Gasteiger charge is -2.03. The molecule has 0 aliphatic rings. The highest BCUT2D eigenvalue weighted by molar-refractivity contribution is 7.14. The first kappa shape index (κ1) is 16.4. The van der Waals surface area contributed by atoms with Crippen LogP contribution in [0, 0.1) is 11.6 Å². The Labute approximate surface area is 152 Å². The van der Waals surface area contributed by atoms with Crippen molar-refractivity contribution in [3.05, 3.63) is 71.2 Å². The molecule has 0 bridgehead atoms. The SMILES string of the molecule is Cn1ccc2c(F)c(C=NNc3nc(-c4ccccc4)cs3)c(F)cc21. The van der Waals surface area contributed by atoms with Gasteiger partial charge in [-0.3, -0.25) is 5.43 Å². The summed E-state index contributed by atoms with van der Waals surface area (Å²) < 4.78 is 30.4.